The third-order valence-electron chi connectivity index (χ3n) is 5.90. The van der Waals surface area contributed by atoms with Gasteiger partial charge in [0, 0.05) is 0 Å². The van der Waals surface area contributed by atoms with Gasteiger partial charge >= 0.3 is 6.09 Å². The number of amides is 1. The summed E-state index contributed by atoms with van der Waals surface area (Å²) in [6, 6.07) is -0.728. The van der Waals surface area contributed by atoms with Crippen molar-refractivity contribution in [1.82, 2.24) is 4.90 Å². The molecule has 3 N–H and O–H groups in total. The fourth-order valence-corrected chi connectivity index (χ4v) is 4.24. The van der Waals surface area contributed by atoms with Crippen LogP contribution >= 0.6 is 0 Å². The van der Waals surface area contributed by atoms with Gasteiger partial charge in [-0.05, 0) is 47.5 Å². The quantitative estimate of drug-likeness (QED) is 0.0737. The summed E-state index contributed by atoms with van der Waals surface area (Å²) in [6.07, 6.45) is 18.3. The number of nitrogens with zero attached hydrogens (tertiary/aromatic N) is 2. The zero-order valence-corrected chi connectivity index (χ0v) is 21.9. The number of amidine groups is 1. The normalized spacial score (nSPS) is 21.2. The first-order valence-electron chi connectivity index (χ1n) is 12.9. The van der Waals surface area contributed by atoms with E-state index in [1.165, 1.54) is 69.1 Å². The number of hydrogen-bond donors (Lipinski definition) is 2. The Hall–Kier alpha value is -1.76. The minimum Gasteiger partial charge on any atom is -0.444 e. The molecule has 7 heteroatoms. The van der Waals surface area contributed by atoms with Crippen molar-refractivity contribution in [2.24, 2.45) is 10.9 Å². The number of rotatable bonds is 14. The van der Waals surface area contributed by atoms with Gasteiger partial charge < -0.3 is 20.4 Å². The molecule has 1 amide bonds. The highest BCUT2D eigenvalue weighted by Gasteiger charge is 2.52. The van der Waals surface area contributed by atoms with Crippen LogP contribution in [-0.4, -0.2) is 45.5 Å². The monoisotopic (exact) mass is 467 g/mol. The molecule has 1 rings (SSSR count). The molecule has 0 saturated carbocycles. The molecule has 0 aromatic carbocycles. The number of ether oxygens (including phenoxy) is 2. The molecule has 0 bridgehead atoms. The molecule has 0 radical (unpaired) electrons. The standard InChI is InChI=1S/C26H49N3O4/c1-7-8-9-10-11-12-13-14-15-16-17-18-19-20-21-22(23(27)28-31)29(26(5,6)32-21)24(30)33-25(2,3)4/h19-22,31H,7-18H2,1-6H3,(H2,27,28)/b20-19+/t21-,22-/m1/s1. The number of carbonyl (C=O) groups excluding carboxylic acids is 1. The second-order valence-corrected chi connectivity index (χ2v) is 10.6. The van der Waals surface area contributed by atoms with E-state index in [1.807, 2.05) is 6.08 Å². The van der Waals surface area contributed by atoms with Crippen molar-refractivity contribution >= 4 is 11.9 Å². The molecule has 7 nitrogen and oxygen atoms in total. The average molecular weight is 468 g/mol. The van der Waals surface area contributed by atoms with Crippen molar-refractivity contribution in [2.45, 2.75) is 142 Å². The van der Waals surface area contributed by atoms with Crippen LogP contribution in [0.5, 0.6) is 0 Å². The summed E-state index contributed by atoms with van der Waals surface area (Å²) < 4.78 is 11.6. The summed E-state index contributed by atoms with van der Waals surface area (Å²) >= 11 is 0. The van der Waals surface area contributed by atoms with Gasteiger partial charge in [-0.2, -0.15) is 0 Å². The first-order chi connectivity index (χ1) is 15.5. The lowest BCUT2D eigenvalue weighted by molar-refractivity contribution is -0.0707. The maximum Gasteiger partial charge on any atom is 0.413 e. The van der Waals surface area contributed by atoms with Crippen LogP contribution in [0.2, 0.25) is 0 Å². The van der Waals surface area contributed by atoms with Crippen molar-refractivity contribution < 1.29 is 19.5 Å². The largest absolute Gasteiger partial charge is 0.444 e. The summed E-state index contributed by atoms with van der Waals surface area (Å²) in [5, 5.41) is 12.5. The average Bonchev–Trinajstić information content (AvgIpc) is 2.99. The van der Waals surface area contributed by atoms with Crippen LogP contribution in [-0.2, 0) is 9.47 Å². The molecule has 192 valence electrons. The van der Waals surface area contributed by atoms with Crippen molar-refractivity contribution in [1.29, 1.82) is 0 Å². The summed E-state index contributed by atoms with van der Waals surface area (Å²) in [5.41, 5.74) is 4.35. The van der Waals surface area contributed by atoms with Crippen LogP contribution in [0.4, 0.5) is 4.79 Å². The van der Waals surface area contributed by atoms with E-state index < -0.39 is 29.6 Å². The lowest BCUT2D eigenvalue weighted by atomic mass is 10.0. The van der Waals surface area contributed by atoms with Gasteiger partial charge in [0.15, 0.2) is 5.84 Å². The molecule has 1 fully saturated rings. The Morgan fingerprint density at radius 1 is 1.06 bits per heavy atom. The maximum atomic E-state index is 12.8. The molecular weight excluding hydrogens is 418 g/mol. The van der Waals surface area contributed by atoms with Gasteiger partial charge in [-0.15, -0.1) is 0 Å². The minimum atomic E-state index is -0.951. The first kappa shape index (κ1) is 29.3. The van der Waals surface area contributed by atoms with Gasteiger partial charge in [0.2, 0.25) is 0 Å². The fourth-order valence-electron chi connectivity index (χ4n) is 4.24. The summed E-state index contributed by atoms with van der Waals surface area (Å²) in [5.74, 6) is -0.0734. The van der Waals surface area contributed by atoms with Crippen LogP contribution in [0.1, 0.15) is 119 Å². The van der Waals surface area contributed by atoms with Crippen molar-refractivity contribution in [2.75, 3.05) is 0 Å². The Balaban J connectivity index is 2.47. The van der Waals surface area contributed by atoms with E-state index in [0.29, 0.717) is 0 Å². The Morgan fingerprint density at radius 2 is 1.58 bits per heavy atom. The number of unbranched alkanes of at least 4 members (excludes halogenated alkanes) is 11. The van der Waals surface area contributed by atoms with Crippen LogP contribution in [0, 0.1) is 0 Å². The predicted octanol–water partition coefficient (Wildman–Crippen LogP) is 6.73. The zero-order valence-electron chi connectivity index (χ0n) is 21.9. The van der Waals surface area contributed by atoms with Crippen LogP contribution in [0.15, 0.2) is 17.3 Å². The molecular formula is C26H49N3O4. The summed E-state index contributed by atoms with van der Waals surface area (Å²) in [6.45, 7) is 11.2. The molecule has 1 saturated heterocycles. The maximum absolute atomic E-state index is 12.8. The molecule has 0 spiro atoms. The molecule has 0 aliphatic carbocycles. The Labute approximate surface area is 201 Å². The van der Waals surface area contributed by atoms with Crippen LogP contribution < -0.4 is 5.73 Å². The molecule has 2 atom stereocenters. The molecule has 1 aliphatic rings. The van der Waals surface area contributed by atoms with Gasteiger partial charge in [0.25, 0.3) is 0 Å². The SMILES string of the molecule is CCCCCCCCCCCCC/C=C/[C@H]1OC(C)(C)N(C(=O)OC(C)(C)C)[C@H]1/C(N)=N/O. The second kappa shape index (κ2) is 14.5. The van der Waals surface area contributed by atoms with E-state index in [-0.39, 0.29) is 5.84 Å². The highest BCUT2D eigenvalue weighted by Crippen LogP contribution is 2.34. The third kappa shape index (κ3) is 10.8. The topological polar surface area (TPSA) is 97.4 Å². The van der Waals surface area contributed by atoms with Crippen molar-refractivity contribution in [3.63, 3.8) is 0 Å². The third-order valence-corrected chi connectivity index (χ3v) is 5.90. The summed E-state index contributed by atoms with van der Waals surface area (Å²) in [7, 11) is 0. The van der Waals surface area contributed by atoms with E-state index in [1.54, 1.807) is 34.6 Å². The van der Waals surface area contributed by atoms with Gasteiger partial charge in [-0.1, -0.05) is 88.4 Å². The van der Waals surface area contributed by atoms with Gasteiger partial charge in [-0.3, -0.25) is 4.90 Å². The van der Waals surface area contributed by atoms with Gasteiger partial charge in [0.05, 0.1) is 0 Å². The van der Waals surface area contributed by atoms with E-state index >= 15 is 0 Å². The second-order valence-electron chi connectivity index (χ2n) is 10.6. The molecule has 33 heavy (non-hydrogen) atoms. The first-order valence-corrected chi connectivity index (χ1v) is 12.9. The molecule has 0 unspecified atom stereocenters. The zero-order chi connectivity index (χ0) is 24.9. The van der Waals surface area contributed by atoms with Crippen molar-refractivity contribution in [3.05, 3.63) is 12.2 Å². The molecule has 0 aromatic heterocycles. The number of nitrogens with two attached hydrogens (primary N) is 1. The number of hydrogen-bond acceptors (Lipinski definition) is 5. The van der Waals surface area contributed by atoms with E-state index in [4.69, 9.17) is 15.2 Å². The molecule has 1 heterocycles. The lowest BCUT2D eigenvalue weighted by Crippen LogP contribution is -2.54. The lowest BCUT2D eigenvalue weighted by Gasteiger charge is -2.34. The van der Waals surface area contributed by atoms with E-state index in [2.05, 4.69) is 18.2 Å². The van der Waals surface area contributed by atoms with Crippen molar-refractivity contribution in [3.8, 4) is 0 Å². The highest BCUT2D eigenvalue weighted by molar-refractivity contribution is 5.90. The Morgan fingerprint density at radius 3 is 2.06 bits per heavy atom. The van der Waals surface area contributed by atoms with Crippen LogP contribution in [0.3, 0.4) is 0 Å². The summed E-state index contributed by atoms with van der Waals surface area (Å²) in [4.78, 5) is 14.3. The molecule has 1 aliphatic heterocycles. The van der Waals surface area contributed by atoms with Gasteiger partial charge in [0.1, 0.15) is 23.5 Å². The number of allylic oxidation sites excluding steroid dienone is 1. The Kier molecular flexibility index (Phi) is 12.9. The molecule has 0 aromatic rings. The Bertz CT molecular complexity index is 626. The number of oxime groups is 1. The fraction of sp³-hybridized carbons (Fsp3) is 0.846. The smallest absolute Gasteiger partial charge is 0.413 e. The predicted molar refractivity (Wildman–Crippen MR) is 134 cm³/mol. The number of carbonyl (C=O) groups is 1. The highest BCUT2D eigenvalue weighted by atomic mass is 16.6. The van der Waals surface area contributed by atoms with E-state index in [0.717, 1.165) is 12.8 Å². The minimum absolute atomic E-state index is 0.0734. The van der Waals surface area contributed by atoms with Gasteiger partial charge in [-0.25, -0.2) is 4.79 Å². The van der Waals surface area contributed by atoms with E-state index in [9.17, 15) is 10.0 Å². The van der Waals surface area contributed by atoms with Crippen LogP contribution in [0.25, 0.3) is 0 Å².